The summed E-state index contributed by atoms with van der Waals surface area (Å²) in [6.07, 6.45) is 2.90. The van der Waals surface area contributed by atoms with E-state index in [1.165, 1.54) is 10.8 Å². The van der Waals surface area contributed by atoms with Crippen LogP contribution in [0.4, 0.5) is 5.82 Å². The van der Waals surface area contributed by atoms with Gasteiger partial charge in [0.25, 0.3) is 11.9 Å². The van der Waals surface area contributed by atoms with Crippen LogP contribution >= 0.6 is 0 Å². The molecule has 0 atom stereocenters. The van der Waals surface area contributed by atoms with Crippen LogP contribution in [0.15, 0.2) is 48.5 Å². The number of aromatic nitrogens is 4. The van der Waals surface area contributed by atoms with Crippen molar-refractivity contribution in [1.29, 1.82) is 0 Å². The molecule has 2 aromatic heterocycles. The first kappa shape index (κ1) is 19.9. The first-order chi connectivity index (χ1) is 13.9. The standard InChI is InChI=1S/C21H21N5O3/c1-14-11-15(2)23-21(22-14)26-18(12-16(3)25-26)24-19(27)13-29-20(28)10-9-17-7-5-4-6-8-17/h4-12H,13H2,1-3H3,(H,24,27)/b10-9+. The molecule has 8 heteroatoms. The van der Waals surface area contributed by atoms with Gasteiger partial charge in [-0.2, -0.15) is 9.78 Å². The van der Waals surface area contributed by atoms with Crippen LogP contribution in [0.5, 0.6) is 0 Å². The Hall–Kier alpha value is -3.81. The number of hydrogen-bond acceptors (Lipinski definition) is 6. The molecule has 3 aromatic rings. The van der Waals surface area contributed by atoms with E-state index in [0.717, 1.165) is 17.0 Å². The number of benzene rings is 1. The third-order valence-corrected chi connectivity index (χ3v) is 3.82. The van der Waals surface area contributed by atoms with Gasteiger partial charge in [-0.05, 0) is 38.5 Å². The zero-order valence-corrected chi connectivity index (χ0v) is 16.4. The molecule has 0 bridgehead atoms. The van der Waals surface area contributed by atoms with Crippen LogP contribution in [0, 0.1) is 20.8 Å². The lowest BCUT2D eigenvalue weighted by atomic mass is 10.2. The minimum absolute atomic E-state index is 0.355. The molecule has 0 aliphatic heterocycles. The number of ether oxygens (including phenoxy) is 1. The van der Waals surface area contributed by atoms with Gasteiger partial charge in [0, 0.05) is 23.5 Å². The van der Waals surface area contributed by atoms with Crippen molar-refractivity contribution in [1.82, 2.24) is 19.7 Å². The highest BCUT2D eigenvalue weighted by molar-refractivity contribution is 5.94. The van der Waals surface area contributed by atoms with Crippen molar-refractivity contribution in [2.75, 3.05) is 11.9 Å². The molecule has 0 unspecified atom stereocenters. The number of carbonyl (C=O) groups excluding carboxylic acids is 2. The second-order valence-electron chi connectivity index (χ2n) is 6.43. The summed E-state index contributed by atoms with van der Waals surface area (Å²) in [5, 5.41) is 7.01. The third kappa shape index (κ3) is 5.58. The highest BCUT2D eigenvalue weighted by Crippen LogP contribution is 2.15. The average molecular weight is 391 g/mol. The first-order valence-corrected chi connectivity index (χ1v) is 9.00. The molecule has 1 aromatic carbocycles. The quantitative estimate of drug-likeness (QED) is 0.512. The number of carbonyl (C=O) groups is 2. The Kier molecular flexibility index (Phi) is 6.13. The molecule has 3 rings (SSSR count). The molecule has 0 saturated heterocycles. The predicted molar refractivity (Wildman–Crippen MR) is 108 cm³/mol. The molecule has 0 spiro atoms. The summed E-state index contributed by atoms with van der Waals surface area (Å²) in [5.74, 6) is -0.342. The van der Waals surface area contributed by atoms with Gasteiger partial charge in [0.05, 0.1) is 5.69 Å². The Morgan fingerprint density at radius 2 is 1.72 bits per heavy atom. The summed E-state index contributed by atoms with van der Waals surface area (Å²) in [4.78, 5) is 32.8. The maximum Gasteiger partial charge on any atom is 0.331 e. The summed E-state index contributed by atoms with van der Waals surface area (Å²) >= 11 is 0. The van der Waals surface area contributed by atoms with Crippen molar-refractivity contribution >= 4 is 23.8 Å². The van der Waals surface area contributed by atoms with Gasteiger partial charge >= 0.3 is 5.97 Å². The minimum atomic E-state index is -0.605. The maximum atomic E-state index is 12.2. The molecule has 0 fully saturated rings. The molecular formula is C21H21N5O3. The Labute approximate surface area is 168 Å². The zero-order valence-electron chi connectivity index (χ0n) is 16.4. The van der Waals surface area contributed by atoms with Crippen LogP contribution in [0.1, 0.15) is 22.6 Å². The molecule has 0 aliphatic carbocycles. The number of amides is 1. The highest BCUT2D eigenvalue weighted by Gasteiger charge is 2.14. The predicted octanol–water partition coefficient (Wildman–Crippen LogP) is 2.78. The number of aryl methyl sites for hydroxylation is 3. The van der Waals surface area contributed by atoms with Gasteiger partial charge in [-0.25, -0.2) is 14.8 Å². The molecule has 0 saturated carbocycles. The topological polar surface area (TPSA) is 99.0 Å². The maximum absolute atomic E-state index is 12.2. The van der Waals surface area contributed by atoms with E-state index in [2.05, 4.69) is 20.4 Å². The fourth-order valence-corrected chi connectivity index (χ4v) is 2.64. The number of nitrogens with one attached hydrogen (secondary N) is 1. The monoisotopic (exact) mass is 391 g/mol. The van der Waals surface area contributed by atoms with Crippen LogP contribution in [0.2, 0.25) is 0 Å². The SMILES string of the molecule is Cc1cc(C)nc(-n2nc(C)cc2NC(=O)COC(=O)/C=C/c2ccccc2)n1. The van der Waals surface area contributed by atoms with Gasteiger partial charge in [-0.15, -0.1) is 0 Å². The van der Waals surface area contributed by atoms with Crippen LogP contribution < -0.4 is 5.32 Å². The van der Waals surface area contributed by atoms with Gasteiger partial charge in [0.15, 0.2) is 6.61 Å². The van der Waals surface area contributed by atoms with E-state index in [0.29, 0.717) is 17.5 Å². The fourth-order valence-electron chi connectivity index (χ4n) is 2.64. The second-order valence-corrected chi connectivity index (χ2v) is 6.43. The summed E-state index contributed by atoms with van der Waals surface area (Å²) < 4.78 is 6.44. The normalized spacial score (nSPS) is 10.9. The van der Waals surface area contributed by atoms with Gasteiger partial charge in [-0.3, -0.25) is 4.79 Å². The minimum Gasteiger partial charge on any atom is -0.452 e. The van der Waals surface area contributed by atoms with Crippen LogP contribution in [-0.4, -0.2) is 38.2 Å². The number of hydrogen-bond donors (Lipinski definition) is 1. The van der Waals surface area contributed by atoms with Crippen LogP contribution in [-0.2, 0) is 14.3 Å². The molecule has 1 amide bonds. The van der Waals surface area contributed by atoms with E-state index >= 15 is 0 Å². The number of anilines is 1. The van der Waals surface area contributed by atoms with Crippen LogP contribution in [0.25, 0.3) is 12.0 Å². The molecule has 148 valence electrons. The van der Waals surface area contributed by atoms with E-state index in [1.807, 2.05) is 50.2 Å². The van der Waals surface area contributed by atoms with Gasteiger partial charge in [-0.1, -0.05) is 30.3 Å². The second kappa shape index (κ2) is 8.92. The van der Waals surface area contributed by atoms with Crippen molar-refractivity contribution in [2.45, 2.75) is 20.8 Å². The fraction of sp³-hybridized carbons (Fsp3) is 0.190. The zero-order chi connectivity index (χ0) is 20.8. The summed E-state index contributed by atoms with van der Waals surface area (Å²) in [6, 6.07) is 12.9. The highest BCUT2D eigenvalue weighted by atomic mass is 16.5. The van der Waals surface area contributed by atoms with Crippen molar-refractivity contribution < 1.29 is 14.3 Å². The van der Waals surface area contributed by atoms with E-state index in [-0.39, 0.29) is 0 Å². The lowest BCUT2D eigenvalue weighted by Crippen LogP contribution is -2.22. The Balaban J connectivity index is 1.62. The van der Waals surface area contributed by atoms with E-state index in [4.69, 9.17) is 4.74 Å². The molecule has 0 aliphatic rings. The van der Waals surface area contributed by atoms with E-state index < -0.39 is 18.5 Å². The molecule has 2 heterocycles. The third-order valence-electron chi connectivity index (χ3n) is 3.82. The summed E-state index contributed by atoms with van der Waals surface area (Å²) in [6.45, 7) is 5.09. The molecule has 29 heavy (non-hydrogen) atoms. The number of esters is 1. The molecule has 1 N–H and O–H groups in total. The van der Waals surface area contributed by atoms with Crippen molar-refractivity contribution in [3.63, 3.8) is 0 Å². The first-order valence-electron chi connectivity index (χ1n) is 9.00. The lowest BCUT2D eigenvalue weighted by Gasteiger charge is -2.09. The number of rotatable bonds is 6. The van der Waals surface area contributed by atoms with E-state index in [1.54, 1.807) is 19.1 Å². The van der Waals surface area contributed by atoms with Crippen molar-refractivity contribution in [3.05, 3.63) is 71.2 Å². The Morgan fingerprint density at radius 1 is 1.03 bits per heavy atom. The summed E-state index contributed by atoms with van der Waals surface area (Å²) in [5.41, 5.74) is 3.13. The largest absolute Gasteiger partial charge is 0.452 e. The lowest BCUT2D eigenvalue weighted by molar-refractivity contribution is -0.142. The van der Waals surface area contributed by atoms with Crippen molar-refractivity contribution in [3.8, 4) is 5.95 Å². The Bertz CT molecular complexity index is 1040. The molecular weight excluding hydrogens is 370 g/mol. The van der Waals surface area contributed by atoms with Gasteiger partial charge in [0.2, 0.25) is 0 Å². The number of nitrogens with zero attached hydrogens (tertiary/aromatic N) is 4. The Morgan fingerprint density at radius 3 is 2.41 bits per heavy atom. The average Bonchev–Trinajstić information content (AvgIpc) is 3.05. The van der Waals surface area contributed by atoms with Gasteiger partial charge in [0.1, 0.15) is 5.82 Å². The molecule has 0 radical (unpaired) electrons. The smallest absolute Gasteiger partial charge is 0.331 e. The van der Waals surface area contributed by atoms with Crippen molar-refractivity contribution in [2.24, 2.45) is 0 Å². The molecule has 8 nitrogen and oxygen atoms in total. The van der Waals surface area contributed by atoms with E-state index in [9.17, 15) is 9.59 Å². The van der Waals surface area contributed by atoms with Gasteiger partial charge < -0.3 is 10.1 Å². The van der Waals surface area contributed by atoms with Crippen LogP contribution in [0.3, 0.4) is 0 Å². The summed E-state index contributed by atoms with van der Waals surface area (Å²) in [7, 11) is 0.